The first kappa shape index (κ1) is 16.4. The molecule has 0 aromatic carbocycles. The van der Waals surface area contributed by atoms with Gasteiger partial charge in [0.15, 0.2) is 11.6 Å². The van der Waals surface area contributed by atoms with Gasteiger partial charge in [-0.15, -0.1) is 0 Å². The number of nitriles is 1. The molecule has 0 spiro atoms. The first-order valence-electron chi connectivity index (χ1n) is 8.39. The van der Waals surface area contributed by atoms with Crippen LogP contribution in [0.25, 0.3) is 11.7 Å². The number of hydrogen-bond donors (Lipinski definition) is 0. The van der Waals surface area contributed by atoms with Gasteiger partial charge in [-0.3, -0.25) is 4.90 Å². The molecule has 4 heterocycles. The quantitative estimate of drug-likeness (QED) is 0.697. The Bertz CT molecular complexity index is 915. The molecule has 3 aromatic rings. The summed E-state index contributed by atoms with van der Waals surface area (Å²) in [5.74, 6) is 2.56. The molecule has 0 radical (unpaired) electrons. The van der Waals surface area contributed by atoms with Crippen LogP contribution in [0.5, 0.6) is 0 Å². The van der Waals surface area contributed by atoms with Crippen molar-refractivity contribution in [2.45, 2.75) is 19.9 Å². The lowest BCUT2D eigenvalue weighted by atomic mass is 10.2. The van der Waals surface area contributed by atoms with Crippen LogP contribution in [0.2, 0.25) is 0 Å². The van der Waals surface area contributed by atoms with Crippen LogP contribution in [0, 0.1) is 18.3 Å². The molecule has 9 heteroatoms. The van der Waals surface area contributed by atoms with Crippen molar-refractivity contribution in [1.29, 1.82) is 5.26 Å². The van der Waals surface area contributed by atoms with E-state index in [0.29, 0.717) is 42.3 Å². The van der Waals surface area contributed by atoms with Crippen molar-refractivity contribution < 1.29 is 13.4 Å². The van der Waals surface area contributed by atoms with Gasteiger partial charge in [0.05, 0.1) is 12.3 Å². The van der Waals surface area contributed by atoms with E-state index in [0.717, 1.165) is 13.1 Å². The van der Waals surface area contributed by atoms with E-state index < -0.39 is 0 Å². The van der Waals surface area contributed by atoms with Crippen LogP contribution in [-0.4, -0.2) is 46.2 Å². The number of oxazole rings is 1. The van der Waals surface area contributed by atoms with Crippen LogP contribution in [0.15, 0.2) is 31.8 Å². The van der Waals surface area contributed by atoms with Crippen LogP contribution in [0.3, 0.4) is 0 Å². The van der Waals surface area contributed by atoms with Crippen LogP contribution in [0.4, 0.5) is 5.88 Å². The van der Waals surface area contributed by atoms with Crippen LogP contribution < -0.4 is 4.90 Å². The fraction of sp³-hybridized carbons (Fsp3) is 0.412. The zero-order chi connectivity index (χ0) is 18.1. The Morgan fingerprint density at radius 1 is 1.23 bits per heavy atom. The zero-order valence-electron chi connectivity index (χ0n) is 14.5. The third-order valence-electron chi connectivity index (χ3n) is 4.50. The summed E-state index contributed by atoms with van der Waals surface area (Å²) < 4.78 is 16.4. The zero-order valence-corrected chi connectivity index (χ0v) is 14.5. The van der Waals surface area contributed by atoms with Gasteiger partial charge in [-0.25, -0.2) is 0 Å². The molecule has 1 aliphatic rings. The number of nitrogens with zero attached hydrogens (tertiary/aromatic N) is 6. The highest BCUT2D eigenvalue weighted by atomic mass is 16.5. The Morgan fingerprint density at radius 3 is 2.65 bits per heavy atom. The van der Waals surface area contributed by atoms with Crippen molar-refractivity contribution in [2.24, 2.45) is 0 Å². The molecule has 4 rings (SSSR count). The number of furan rings is 1. The van der Waals surface area contributed by atoms with Crippen molar-refractivity contribution in [1.82, 2.24) is 20.0 Å². The average Bonchev–Trinajstić information content (AvgIpc) is 3.41. The van der Waals surface area contributed by atoms with Crippen LogP contribution in [-0.2, 0) is 0 Å². The Hall–Kier alpha value is -3.12. The molecule has 0 aliphatic carbocycles. The molecular formula is C17H18N6O3. The molecule has 1 aliphatic heterocycles. The predicted octanol–water partition coefficient (Wildman–Crippen LogP) is 2.38. The van der Waals surface area contributed by atoms with Gasteiger partial charge >= 0.3 is 0 Å². The lowest BCUT2D eigenvalue weighted by Gasteiger charge is -2.36. The molecule has 0 amide bonds. The molecule has 26 heavy (non-hydrogen) atoms. The normalized spacial score (nSPS) is 16.6. The maximum Gasteiger partial charge on any atom is 0.266 e. The largest absolute Gasteiger partial charge is 0.459 e. The van der Waals surface area contributed by atoms with E-state index in [-0.39, 0.29) is 11.7 Å². The minimum Gasteiger partial charge on any atom is -0.459 e. The number of rotatable bonds is 4. The van der Waals surface area contributed by atoms with Gasteiger partial charge in [0.1, 0.15) is 6.07 Å². The number of aryl methyl sites for hydroxylation is 1. The van der Waals surface area contributed by atoms with Crippen LogP contribution in [0.1, 0.15) is 30.4 Å². The van der Waals surface area contributed by atoms with E-state index in [1.54, 1.807) is 18.4 Å². The van der Waals surface area contributed by atoms with Gasteiger partial charge in [0, 0.05) is 26.2 Å². The number of anilines is 1. The molecular weight excluding hydrogens is 336 g/mol. The van der Waals surface area contributed by atoms with Crippen molar-refractivity contribution in [3.63, 3.8) is 0 Å². The van der Waals surface area contributed by atoms with Gasteiger partial charge in [0.25, 0.3) is 5.89 Å². The van der Waals surface area contributed by atoms with E-state index in [1.165, 1.54) is 0 Å². The monoisotopic (exact) mass is 354 g/mol. The second-order valence-electron chi connectivity index (χ2n) is 6.14. The van der Waals surface area contributed by atoms with Crippen LogP contribution >= 0.6 is 0 Å². The van der Waals surface area contributed by atoms with Gasteiger partial charge in [-0.2, -0.15) is 15.2 Å². The van der Waals surface area contributed by atoms with E-state index in [9.17, 15) is 5.26 Å². The Labute approximate surface area is 149 Å². The van der Waals surface area contributed by atoms with E-state index in [2.05, 4.69) is 26.1 Å². The Balaban J connectivity index is 1.47. The van der Waals surface area contributed by atoms with Crippen molar-refractivity contribution >= 4 is 5.88 Å². The molecule has 0 bridgehead atoms. The molecule has 1 fully saturated rings. The second kappa shape index (κ2) is 6.65. The molecule has 0 unspecified atom stereocenters. The van der Waals surface area contributed by atoms with Gasteiger partial charge in [-0.1, -0.05) is 5.16 Å². The predicted molar refractivity (Wildman–Crippen MR) is 90.2 cm³/mol. The van der Waals surface area contributed by atoms with Crippen molar-refractivity contribution in [2.75, 3.05) is 31.1 Å². The minimum atomic E-state index is 0.0437. The summed E-state index contributed by atoms with van der Waals surface area (Å²) in [6.45, 7) is 6.83. The molecule has 1 saturated heterocycles. The van der Waals surface area contributed by atoms with E-state index in [1.807, 2.05) is 18.7 Å². The van der Waals surface area contributed by atoms with Gasteiger partial charge < -0.3 is 18.3 Å². The Morgan fingerprint density at radius 2 is 2.04 bits per heavy atom. The maximum absolute atomic E-state index is 9.38. The van der Waals surface area contributed by atoms with Crippen molar-refractivity contribution in [3.8, 4) is 17.7 Å². The summed E-state index contributed by atoms with van der Waals surface area (Å²) in [7, 11) is 0. The standard InChI is InChI=1S/C17H18N6O3/c1-11(15-19-12(2)21-26-15)22-5-7-23(8-6-22)17-13(10-18)20-16(25-17)14-4-3-9-24-14/h3-4,9,11H,5-8H2,1-2H3/t11-/m0/s1. The lowest BCUT2D eigenvalue weighted by molar-refractivity contribution is 0.162. The summed E-state index contributed by atoms with van der Waals surface area (Å²) in [5, 5.41) is 13.2. The highest BCUT2D eigenvalue weighted by Gasteiger charge is 2.29. The number of piperazine rings is 1. The second-order valence-corrected chi connectivity index (χ2v) is 6.14. The number of hydrogen-bond acceptors (Lipinski definition) is 9. The molecule has 134 valence electrons. The fourth-order valence-electron chi connectivity index (χ4n) is 3.06. The fourth-order valence-corrected chi connectivity index (χ4v) is 3.06. The van der Waals surface area contributed by atoms with E-state index >= 15 is 0 Å². The average molecular weight is 354 g/mol. The maximum atomic E-state index is 9.38. The molecule has 0 N–H and O–H groups in total. The SMILES string of the molecule is Cc1noc([C@H](C)N2CCN(c3oc(-c4ccco4)nc3C#N)CC2)n1. The van der Waals surface area contributed by atoms with Crippen molar-refractivity contribution in [3.05, 3.63) is 35.8 Å². The molecule has 0 saturated carbocycles. The van der Waals surface area contributed by atoms with Gasteiger partial charge in [-0.05, 0) is 26.0 Å². The summed E-state index contributed by atoms with van der Waals surface area (Å²) in [4.78, 5) is 12.8. The summed E-state index contributed by atoms with van der Waals surface area (Å²) in [5.41, 5.74) is 0.269. The highest BCUT2D eigenvalue weighted by molar-refractivity contribution is 5.55. The smallest absolute Gasteiger partial charge is 0.266 e. The third-order valence-corrected chi connectivity index (χ3v) is 4.50. The first-order valence-corrected chi connectivity index (χ1v) is 8.39. The molecule has 1 atom stereocenters. The third kappa shape index (κ3) is 2.95. The Kier molecular flexibility index (Phi) is 4.18. The number of aromatic nitrogens is 3. The lowest BCUT2D eigenvalue weighted by Crippen LogP contribution is -2.47. The minimum absolute atomic E-state index is 0.0437. The van der Waals surface area contributed by atoms with Gasteiger partial charge in [0.2, 0.25) is 17.5 Å². The summed E-state index contributed by atoms with van der Waals surface area (Å²) >= 11 is 0. The molecule has 9 nitrogen and oxygen atoms in total. The summed E-state index contributed by atoms with van der Waals surface area (Å²) in [6, 6.07) is 5.65. The molecule has 3 aromatic heterocycles. The van der Waals surface area contributed by atoms with E-state index in [4.69, 9.17) is 13.4 Å². The first-order chi connectivity index (χ1) is 12.7. The highest BCUT2D eigenvalue weighted by Crippen LogP contribution is 2.30. The summed E-state index contributed by atoms with van der Waals surface area (Å²) in [6.07, 6.45) is 1.55. The topological polar surface area (TPSA) is 108 Å².